The molecular formula is C10H17N3. The highest BCUT2D eigenvalue weighted by Gasteiger charge is 2.19. The molecule has 0 atom stereocenters. The third-order valence-electron chi connectivity index (χ3n) is 2.98. The minimum Gasteiger partial charge on any atom is -0.326 e. The van der Waals surface area contributed by atoms with Crippen LogP contribution >= 0.6 is 0 Å². The molecule has 0 aliphatic heterocycles. The van der Waals surface area contributed by atoms with Gasteiger partial charge in [0.05, 0.1) is 6.20 Å². The van der Waals surface area contributed by atoms with E-state index in [0.29, 0.717) is 12.5 Å². The van der Waals surface area contributed by atoms with Crippen molar-refractivity contribution in [3.8, 4) is 0 Å². The van der Waals surface area contributed by atoms with Crippen molar-refractivity contribution in [3.05, 3.63) is 17.5 Å². The zero-order valence-electron chi connectivity index (χ0n) is 7.92. The average molecular weight is 179 g/mol. The van der Waals surface area contributed by atoms with E-state index in [-0.39, 0.29) is 0 Å². The molecule has 0 bridgehead atoms. The van der Waals surface area contributed by atoms with E-state index in [2.05, 4.69) is 10.2 Å². The first-order chi connectivity index (χ1) is 6.42. The minimum atomic E-state index is 0.613. The van der Waals surface area contributed by atoms with Gasteiger partial charge in [0.1, 0.15) is 0 Å². The van der Waals surface area contributed by atoms with Crippen LogP contribution in [0.3, 0.4) is 0 Å². The van der Waals surface area contributed by atoms with Gasteiger partial charge in [-0.05, 0) is 12.8 Å². The molecule has 1 aliphatic carbocycles. The lowest BCUT2D eigenvalue weighted by Crippen LogP contribution is -2.09. The third kappa shape index (κ3) is 1.75. The van der Waals surface area contributed by atoms with Crippen LogP contribution in [0.4, 0.5) is 0 Å². The standard InChI is InChI=1S/C10H17N3/c11-6-9-7-12-13-10(9)8-4-2-1-3-5-8/h7-8H,1-6,11H2,(H,12,13). The summed E-state index contributed by atoms with van der Waals surface area (Å²) in [6, 6.07) is 0. The second kappa shape index (κ2) is 3.92. The number of nitrogens with two attached hydrogens (primary N) is 1. The Morgan fingerprint density at radius 1 is 1.38 bits per heavy atom. The van der Waals surface area contributed by atoms with Crippen molar-refractivity contribution >= 4 is 0 Å². The summed E-state index contributed by atoms with van der Waals surface area (Å²) in [7, 11) is 0. The van der Waals surface area contributed by atoms with Gasteiger partial charge in [-0.1, -0.05) is 19.3 Å². The summed E-state index contributed by atoms with van der Waals surface area (Å²) >= 11 is 0. The maximum Gasteiger partial charge on any atom is 0.0535 e. The maximum atomic E-state index is 5.64. The Hall–Kier alpha value is -0.830. The summed E-state index contributed by atoms with van der Waals surface area (Å²) in [6.45, 7) is 0.613. The molecule has 1 aromatic heterocycles. The Kier molecular flexibility index (Phi) is 2.64. The van der Waals surface area contributed by atoms with Crippen molar-refractivity contribution in [2.24, 2.45) is 5.73 Å². The van der Waals surface area contributed by atoms with Gasteiger partial charge in [-0.15, -0.1) is 0 Å². The smallest absolute Gasteiger partial charge is 0.0535 e. The van der Waals surface area contributed by atoms with E-state index >= 15 is 0 Å². The average Bonchev–Trinajstić information content (AvgIpc) is 2.67. The number of H-pyrrole nitrogens is 1. The predicted octanol–water partition coefficient (Wildman–Crippen LogP) is 1.92. The fourth-order valence-corrected chi connectivity index (χ4v) is 2.23. The summed E-state index contributed by atoms with van der Waals surface area (Å²) in [4.78, 5) is 0. The van der Waals surface area contributed by atoms with Crippen LogP contribution in [0, 0.1) is 0 Å². The molecule has 0 aromatic carbocycles. The summed E-state index contributed by atoms with van der Waals surface area (Å²) in [5.41, 5.74) is 8.14. The molecule has 1 heterocycles. The van der Waals surface area contributed by atoms with Gasteiger partial charge in [0.15, 0.2) is 0 Å². The van der Waals surface area contributed by atoms with E-state index in [4.69, 9.17) is 5.73 Å². The molecule has 0 saturated heterocycles. The van der Waals surface area contributed by atoms with Gasteiger partial charge in [0.2, 0.25) is 0 Å². The molecule has 1 aliphatic rings. The van der Waals surface area contributed by atoms with Gasteiger partial charge in [-0.3, -0.25) is 5.10 Å². The fraction of sp³-hybridized carbons (Fsp3) is 0.700. The van der Waals surface area contributed by atoms with Crippen molar-refractivity contribution in [1.82, 2.24) is 10.2 Å². The Labute approximate surface area is 78.7 Å². The first kappa shape index (κ1) is 8.75. The number of aromatic amines is 1. The number of hydrogen-bond acceptors (Lipinski definition) is 2. The van der Waals surface area contributed by atoms with Crippen LogP contribution in [0.1, 0.15) is 49.3 Å². The van der Waals surface area contributed by atoms with Gasteiger partial charge in [-0.2, -0.15) is 5.10 Å². The summed E-state index contributed by atoms with van der Waals surface area (Å²) < 4.78 is 0. The molecule has 1 saturated carbocycles. The second-order valence-corrected chi connectivity index (χ2v) is 3.85. The molecule has 2 rings (SSSR count). The van der Waals surface area contributed by atoms with Crippen molar-refractivity contribution < 1.29 is 0 Å². The molecular weight excluding hydrogens is 162 g/mol. The minimum absolute atomic E-state index is 0.613. The van der Waals surface area contributed by atoms with Crippen LogP contribution in [0.2, 0.25) is 0 Å². The quantitative estimate of drug-likeness (QED) is 0.728. The number of nitrogens with one attached hydrogen (secondary N) is 1. The van der Waals surface area contributed by atoms with E-state index in [9.17, 15) is 0 Å². The normalized spacial score (nSPS) is 19.2. The summed E-state index contributed by atoms with van der Waals surface area (Å²) in [5.74, 6) is 0.690. The zero-order valence-corrected chi connectivity index (χ0v) is 7.92. The summed E-state index contributed by atoms with van der Waals surface area (Å²) in [5, 5.41) is 7.16. The van der Waals surface area contributed by atoms with E-state index < -0.39 is 0 Å². The molecule has 3 nitrogen and oxygen atoms in total. The zero-order chi connectivity index (χ0) is 9.10. The Bertz CT molecular complexity index is 261. The highest BCUT2D eigenvalue weighted by Crippen LogP contribution is 2.32. The number of nitrogens with zero attached hydrogens (tertiary/aromatic N) is 1. The number of rotatable bonds is 2. The molecule has 0 spiro atoms. The maximum absolute atomic E-state index is 5.64. The van der Waals surface area contributed by atoms with Gasteiger partial charge in [0.25, 0.3) is 0 Å². The molecule has 1 fully saturated rings. The Morgan fingerprint density at radius 3 is 2.85 bits per heavy atom. The highest BCUT2D eigenvalue weighted by molar-refractivity contribution is 5.20. The van der Waals surface area contributed by atoms with Gasteiger partial charge >= 0.3 is 0 Å². The summed E-state index contributed by atoms with van der Waals surface area (Å²) in [6.07, 6.45) is 8.57. The molecule has 0 amide bonds. The number of hydrogen-bond donors (Lipinski definition) is 2. The van der Waals surface area contributed by atoms with Crippen molar-refractivity contribution in [2.45, 2.75) is 44.6 Å². The molecule has 13 heavy (non-hydrogen) atoms. The molecule has 0 unspecified atom stereocenters. The van der Waals surface area contributed by atoms with Gasteiger partial charge in [0, 0.05) is 23.7 Å². The fourth-order valence-electron chi connectivity index (χ4n) is 2.23. The van der Waals surface area contributed by atoms with Crippen LogP contribution in [0.25, 0.3) is 0 Å². The largest absolute Gasteiger partial charge is 0.326 e. The highest BCUT2D eigenvalue weighted by atomic mass is 15.1. The van der Waals surface area contributed by atoms with Crippen LogP contribution in [0.5, 0.6) is 0 Å². The molecule has 72 valence electrons. The monoisotopic (exact) mass is 179 g/mol. The van der Waals surface area contributed by atoms with E-state index in [1.54, 1.807) is 0 Å². The van der Waals surface area contributed by atoms with Crippen LogP contribution in [-0.4, -0.2) is 10.2 Å². The lowest BCUT2D eigenvalue weighted by molar-refractivity contribution is 0.434. The topological polar surface area (TPSA) is 54.7 Å². The Morgan fingerprint density at radius 2 is 2.15 bits per heavy atom. The first-order valence-electron chi connectivity index (χ1n) is 5.14. The molecule has 3 heteroatoms. The van der Waals surface area contributed by atoms with Crippen LogP contribution in [-0.2, 0) is 6.54 Å². The van der Waals surface area contributed by atoms with Crippen LogP contribution < -0.4 is 5.73 Å². The van der Waals surface area contributed by atoms with Crippen LogP contribution in [0.15, 0.2) is 6.20 Å². The van der Waals surface area contributed by atoms with Gasteiger partial charge in [-0.25, -0.2) is 0 Å². The molecule has 1 aromatic rings. The SMILES string of the molecule is NCc1cn[nH]c1C1CCCCC1. The molecule has 0 radical (unpaired) electrons. The van der Waals surface area contributed by atoms with E-state index in [0.717, 1.165) is 0 Å². The predicted molar refractivity (Wildman–Crippen MR) is 52.3 cm³/mol. The van der Waals surface area contributed by atoms with Crippen molar-refractivity contribution in [1.29, 1.82) is 0 Å². The van der Waals surface area contributed by atoms with Crippen molar-refractivity contribution in [3.63, 3.8) is 0 Å². The van der Waals surface area contributed by atoms with Crippen molar-refractivity contribution in [2.75, 3.05) is 0 Å². The lowest BCUT2D eigenvalue weighted by Gasteiger charge is -2.21. The van der Waals surface area contributed by atoms with E-state index in [1.165, 1.54) is 43.4 Å². The lowest BCUT2D eigenvalue weighted by atomic mass is 9.86. The second-order valence-electron chi connectivity index (χ2n) is 3.85. The molecule has 3 N–H and O–H groups in total. The van der Waals surface area contributed by atoms with E-state index in [1.807, 2.05) is 6.20 Å². The third-order valence-corrected chi connectivity index (χ3v) is 2.98. The first-order valence-corrected chi connectivity index (χ1v) is 5.14. The Balaban J connectivity index is 2.13. The number of aromatic nitrogens is 2. The van der Waals surface area contributed by atoms with Gasteiger partial charge < -0.3 is 5.73 Å².